The maximum absolute atomic E-state index is 13.0. The van der Waals surface area contributed by atoms with Gasteiger partial charge < -0.3 is 14.8 Å². The van der Waals surface area contributed by atoms with Crippen molar-refractivity contribution >= 4 is 39.2 Å². The average molecular weight is 517 g/mol. The highest BCUT2D eigenvalue weighted by Crippen LogP contribution is 2.25. The fourth-order valence-electron chi connectivity index (χ4n) is 3.26. The zero-order valence-electron chi connectivity index (χ0n) is 19.4. The fourth-order valence-corrected chi connectivity index (χ4v) is 4.54. The summed E-state index contributed by atoms with van der Waals surface area (Å²) < 4.78 is 37.4. The number of amides is 1. The number of nitrogens with one attached hydrogen (secondary N) is 1. The molecule has 0 spiro atoms. The van der Waals surface area contributed by atoms with Gasteiger partial charge in [-0.1, -0.05) is 11.6 Å². The van der Waals surface area contributed by atoms with Gasteiger partial charge in [0.15, 0.2) is 0 Å². The molecule has 10 heteroatoms. The number of benzene rings is 3. The van der Waals surface area contributed by atoms with Gasteiger partial charge in [0.2, 0.25) is 10.0 Å². The lowest BCUT2D eigenvalue weighted by Gasteiger charge is -2.19. The Labute approximate surface area is 209 Å². The van der Waals surface area contributed by atoms with Gasteiger partial charge in [-0.2, -0.15) is 4.31 Å². The minimum atomic E-state index is -3.80. The van der Waals surface area contributed by atoms with E-state index in [9.17, 15) is 18.0 Å². The molecule has 3 rings (SSSR count). The summed E-state index contributed by atoms with van der Waals surface area (Å²) in [4.78, 5) is 24.7. The van der Waals surface area contributed by atoms with E-state index in [2.05, 4.69) is 5.32 Å². The highest BCUT2D eigenvalue weighted by Gasteiger charge is 2.23. The molecule has 0 heterocycles. The number of carbonyl (C=O) groups is 2. The van der Waals surface area contributed by atoms with E-state index in [1.54, 1.807) is 49.4 Å². The summed E-state index contributed by atoms with van der Waals surface area (Å²) in [6, 6.07) is 17.0. The summed E-state index contributed by atoms with van der Waals surface area (Å²) in [6.07, 6.45) is 0. The maximum atomic E-state index is 13.0. The highest BCUT2D eigenvalue weighted by atomic mass is 35.5. The molecule has 0 aliphatic rings. The smallest absolute Gasteiger partial charge is 0.338 e. The molecule has 0 aliphatic carbocycles. The van der Waals surface area contributed by atoms with Gasteiger partial charge in [0.25, 0.3) is 5.91 Å². The fraction of sp³-hybridized carbons (Fsp3) is 0.200. The Balaban J connectivity index is 1.78. The van der Waals surface area contributed by atoms with E-state index in [1.165, 1.54) is 42.7 Å². The van der Waals surface area contributed by atoms with Gasteiger partial charge >= 0.3 is 5.97 Å². The first-order valence-corrected chi connectivity index (χ1v) is 12.4. The van der Waals surface area contributed by atoms with Crippen molar-refractivity contribution in [3.63, 3.8) is 0 Å². The summed E-state index contributed by atoms with van der Waals surface area (Å²) >= 11 is 5.87. The van der Waals surface area contributed by atoms with Gasteiger partial charge in [0.1, 0.15) is 5.75 Å². The highest BCUT2D eigenvalue weighted by molar-refractivity contribution is 7.89. The largest absolute Gasteiger partial charge is 0.496 e. The van der Waals surface area contributed by atoms with Crippen molar-refractivity contribution < 1.29 is 27.5 Å². The van der Waals surface area contributed by atoms with Crippen LogP contribution in [0.4, 0.5) is 5.69 Å². The molecule has 0 atom stereocenters. The number of ether oxygens (including phenoxy) is 2. The van der Waals surface area contributed by atoms with Crippen molar-refractivity contribution in [2.24, 2.45) is 0 Å². The van der Waals surface area contributed by atoms with Crippen LogP contribution < -0.4 is 10.1 Å². The van der Waals surface area contributed by atoms with E-state index in [1.807, 2.05) is 0 Å². The van der Waals surface area contributed by atoms with Gasteiger partial charge in [0, 0.05) is 35.4 Å². The second-order valence-corrected chi connectivity index (χ2v) is 9.97. The van der Waals surface area contributed by atoms with Gasteiger partial charge in [-0.25, -0.2) is 13.2 Å². The predicted octanol–water partition coefficient (Wildman–Crippen LogP) is 4.60. The molecule has 184 valence electrons. The molecular weight excluding hydrogens is 492 g/mol. The van der Waals surface area contributed by atoms with Gasteiger partial charge in [-0.3, -0.25) is 4.79 Å². The first-order valence-electron chi connectivity index (χ1n) is 10.6. The van der Waals surface area contributed by atoms with Crippen LogP contribution in [0.1, 0.15) is 33.2 Å². The quantitative estimate of drug-likeness (QED) is 0.417. The summed E-state index contributed by atoms with van der Waals surface area (Å²) in [5.41, 5.74) is 1.69. The Hall–Kier alpha value is -3.40. The Morgan fingerprint density at radius 1 is 0.971 bits per heavy atom. The topological polar surface area (TPSA) is 102 Å². The third-order valence-electron chi connectivity index (χ3n) is 5.11. The third kappa shape index (κ3) is 6.39. The Kier molecular flexibility index (Phi) is 8.50. The van der Waals surface area contributed by atoms with Crippen LogP contribution >= 0.6 is 11.6 Å². The number of hydrogen-bond acceptors (Lipinski definition) is 6. The SMILES string of the molecule is CCOC(=O)c1ccc(NC(=O)c2ccc(OC)c(CN(C)S(=O)(=O)c3ccc(Cl)cc3)c2)cc1. The first-order chi connectivity index (χ1) is 16.6. The van der Waals surface area contributed by atoms with Gasteiger partial charge in [-0.15, -0.1) is 0 Å². The number of anilines is 1. The maximum Gasteiger partial charge on any atom is 0.338 e. The number of sulfonamides is 1. The van der Waals surface area contributed by atoms with Crippen molar-refractivity contribution in [3.8, 4) is 5.75 Å². The number of methoxy groups -OCH3 is 1. The number of nitrogens with zero attached hydrogens (tertiary/aromatic N) is 1. The van der Waals surface area contributed by atoms with Crippen LogP contribution in [0.15, 0.2) is 71.6 Å². The molecular formula is C25H25ClN2O6S. The zero-order valence-corrected chi connectivity index (χ0v) is 21.0. The number of carbonyl (C=O) groups excluding carboxylic acids is 2. The van der Waals surface area contributed by atoms with E-state index in [4.69, 9.17) is 21.1 Å². The number of halogens is 1. The van der Waals surface area contributed by atoms with Crippen LogP contribution in [-0.2, 0) is 21.3 Å². The molecule has 3 aromatic rings. The molecule has 0 saturated heterocycles. The summed E-state index contributed by atoms with van der Waals surface area (Å²) in [5, 5.41) is 3.19. The lowest BCUT2D eigenvalue weighted by molar-refractivity contribution is 0.0526. The van der Waals surface area contributed by atoms with Crippen molar-refractivity contribution in [1.29, 1.82) is 0 Å². The molecule has 0 fully saturated rings. The van der Waals surface area contributed by atoms with Gasteiger partial charge in [-0.05, 0) is 73.7 Å². The normalized spacial score (nSPS) is 11.2. The van der Waals surface area contributed by atoms with Crippen LogP contribution in [0, 0.1) is 0 Å². The van der Waals surface area contributed by atoms with Crippen LogP contribution in [0.2, 0.25) is 5.02 Å². The number of rotatable bonds is 9. The average Bonchev–Trinajstić information content (AvgIpc) is 2.84. The van der Waals surface area contributed by atoms with Crippen LogP contribution in [0.3, 0.4) is 0 Å². The Morgan fingerprint density at radius 2 is 1.60 bits per heavy atom. The molecule has 0 bridgehead atoms. The molecule has 0 saturated carbocycles. The first kappa shape index (κ1) is 26.2. The number of hydrogen-bond donors (Lipinski definition) is 1. The van der Waals surface area contributed by atoms with Crippen LogP contribution in [-0.4, -0.2) is 45.4 Å². The lowest BCUT2D eigenvalue weighted by atomic mass is 10.1. The number of esters is 1. The van der Waals surface area contributed by atoms with Crippen molar-refractivity contribution in [2.45, 2.75) is 18.4 Å². The summed E-state index contributed by atoms with van der Waals surface area (Å²) in [6.45, 7) is 1.97. The third-order valence-corrected chi connectivity index (χ3v) is 7.18. The molecule has 0 aromatic heterocycles. The predicted molar refractivity (Wildman–Crippen MR) is 133 cm³/mol. The summed E-state index contributed by atoms with van der Waals surface area (Å²) in [5.74, 6) is -0.401. The van der Waals surface area contributed by atoms with E-state index in [0.29, 0.717) is 33.1 Å². The molecule has 0 aliphatic heterocycles. The molecule has 8 nitrogen and oxygen atoms in total. The lowest BCUT2D eigenvalue weighted by Crippen LogP contribution is -2.27. The van der Waals surface area contributed by atoms with Crippen LogP contribution in [0.25, 0.3) is 0 Å². The van der Waals surface area contributed by atoms with Crippen molar-refractivity contribution in [1.82, 2.24) is 4.31 Å². The summed E-state index contributed by atoms with van der Waals surface area (Å²) in [7, 11) is -0.880. The second kappa shape index (κ2) is 11.4. The van der Waals surface area contributed by atoms with E-state index >= 15 is 0 Å². The standard InChI is InChI=1S/C25H25ClN2O6S/c1-4-34-25(30)17-5-10-21(11-6-17)27-24(29)18-7-14-23(33-3)19(15-18)16-28(2)35(31,32)22-12-8-20(26)9-13-22/h5-15H,4,16H2,1-3H3,(H,27,29). The second-order valence-electron chi connectivity index (χ2n) is 7.49. The minimum Gasteiger partial charge on any atom is -0.496 e. The zero-order chi connectivity index (χ0) is 25.6. The van der Waals surface area contributed by atoms with Gasteiger partial charge in [0.05, 0.1) is 24.2 Å². The monoisotopic (exact) mass is 516 g/mol. The molecule has 1 N–H and O–H groups in total. The van der Waals surface area contributed by atoms with E-state index in [-0.39, 0.29) is 18.0 Å². The molecule has 3 aromatic carbocycles. The Bertz CT molecular complexity index is 1310. The van der Waals surface area contributed by atoms with Crippen LogP contribution in [0.5, 0.6) is 5.75 Å². The molecule has 0 unspecified atom stereocenters. The van der Waals surface area contributed by atoms with Crippen molar-refractivity contribution in [3.05, 3.63) is 88.4 Å². The molecule has 1 amide bonds. The molecule has 35 heavy (non-hydrogen) atoms. The minimum absolute atomic E-state index is 0.0243. The van der Waals surface area contributed by atoms with Crippen molar-refractivity contribution in [2.75, 3.05) is 26.1 Å². The van der Waals surface area contributed by atoms with E-state index < -0.39 is 21.9 Å². The molecule has 0 radical (unpaired) electrons. The Morgan fingerprint density at radius 3 is 2.20 bits per heavy atom. The van der Waals surface area contributed by atoms with E-state index in [0.717, 1.165) is 0 Å².